The Morgan fingerprint density at radius 1 is 1.31 bits per heavy atom. The summed E-state index contributed by atoms with van der Waals surface area (Å²) in [6.07, 6.45) is 1.26. The molecular weight excluding hydrogens is 171 g/mol. The largest absolute Gasteiger partial charge is 0.251 e. The second-order valence-electron chi connectivity index (χ2n) is 3.44. The normalized spacial score (nSPS) is 18.6. The molecule has 1 aromatic carbocycles. The first kappa shape index (κ1) is 8.66. The first-order valence-electron chi connectivity index (χ1n) is 4.29. The maximum absolute atomic E-state index is 13.5. The number of alkyl halides is 1. The molecule has 0 saturated heterocycles. The van der Waals surface area contributed by atoms with E-state index in [1.54, 1.807) is 24.3 Å². The SMILES string of the molecule is OOCc1ccc(C2(F)CC2)cc1. The third-order valence-corrected chi connectivity index (χ3v) is 2.39. The van der Waals surface area contributed by atoms with Gasteiger partial charge in [0.25, 0.3) is 0 Å². The highest BCUT2D eigenvalue weighted by atomic mass is 19.1. The van der Waals surface area contributed by atoms with E-state index >= 15 is 0 Å². The fourth-order valence-corrected chi connectivity index (χ4v) is 1.37. The highest BCUT2D eigenvalue weighted by Gasteiger charge is 2.44. The van der Waals surface area contributed by atoms with Crippen LogP contribution in [-0.2, 0) is 17.2 Å². The van der Waals surface area contributed by atoms with E-state index in [1.807, 2.05) is 0 Å². The molecule has 1 N–H and O–H groups in total. The molecule has 0 aromatic heterocycles. The van der Waals surface area contributed by atoms with Crippen LogP contribution in [0.15, 0.2) is 24.3 Å². The standard InChI is InChI=1S/C10H11FO2/c11-10(5-6-10)9-3-1-8(2-4-9)7-13-12/h1-4,12H,5-7H2. The van der Waals surface area contributed by atoms with E-state index in [2.05, 4.69) is 4.89 Å². The minimum Gasteiger partial charge on any atom is -0.251 e. The van der Waals surface area contributed by atoms with Crippen molar-refractivity contribution >= 4 is 0 Å². The fraction of sp³-hybridized carbons (Fsp3) is 0.400. The van der Waals surface area contributed by atoms with E-state index in [9.17, 15) is 4.39 Å². The summed E-state index contributed by atoms with van der Waals surface area (Å²) in [5, 5.41) is 8.19. The summed E-state index contributed by atoms with van der Waals surface area (Å²) in [5.41, 5.74) is 0.503. The van der Waals surface area contributed by atoms with Crippen LogP contribution in [-0.4, -0.2) is 5.26 Å². The molecule has 0 unspecified atom stereocenters. The monoisotopic (exact) mass is 182 g/mol. The predicted molar refractivity (Wildman–Crippen MR) is 45.9 cm³/mol. The summed E-state index contributed by atoms with van der Waals surface area (Å²) in [5.74, 6) is 0. The van der Waals surface area contributed by atoms with Gasteiger partial charge in [-0.05, 0) is 24.0 Å². The fourth-order valence-electron chi connectivity index (χ4n) is 1.37. The van der Waals surface area contributed by atoms with E-state index in [-0.39, 0.29) is 6.61 Å². The quantitative estimate of drug-likeness (QED) is 0.575. The molecule has 0 heterocycles. The van der Waals surface area contributed by atoms with Gasteiger partial charge in [-0.2, -0.15) is 0 Å². The summed E-state index contributed by atoms with van der Waals surface area (Å²) in [4.78, 5) is 3.98. The third-order valence-electron chi connectivity index (χ3n) is 2.39. The summed E-state index contributed by atoms with van der Waals surface area (Å²) in [7, 11) is 0. The van der Waals surface area contributed by atoms with Gasteiger partial charge in [-0.15, -0.1) is 0 Å². The van der Waals surface area contributed by atoms with Crippen LogP contribution < -0.4 is 0 Å². The Morgan fingerprint density at radius 2 is 1.92 bits per heavy atom. The Labute approximate surface area is 75.9 Å². The molecule has 0 radical (unpaired) electrons. The topological polar surface area (TPSA) is 29.5 Å². The molecule has 13 heavy (non-hydrogen) atoms. The maximum atomic E-state index is 13.5. The minimum absolute atomic E-state index is 0.152. The third kappa shape index (κ3) is 1.71. The van der Waals surface area contributed by atoms with Crippen molar-refractivity contribution < 1.29 is 14.5 Å². The second-order valence-corrected chi connectivity index (χ2v) is 3.44. The van der Waals surface area contributed by atoms with E-state index in [0.717, 1.165) is 11.1 Å². The first-order chi connectivity index (χ1) is 6.24. The molecular formula is C10H11FO2. The summed E-state index contributed by atoms with van der Waals surface area (Å²) < 4.78 is 13.5. The molecule has 0 spiro atoms. The van der Waals surface area contributed by atoms with Crippen molar-refractivity contribution in [1.82, 2.24) is 0 Å². The van der Waals surface area contributed by atoms with Gasteiger partial charge in [-0.1, -0.05) is 24.3 Å². The maximum Gasteiger partial charge on any atom is 0.136 e. The molecule has 0 atom stereocenters. The molecule has 2 nitrogen and oxygen atoms in total. The van der Waals surface area contributed by atoms with Gasteiger partial charge < -0.3 is 0 Å². The Balaban J connectivity index is 2.14. The number of rotatable bonds is 3. The van der Waals surface area contributed by atoms with Crippen LogP contribution in [0.4, 0.5) is 4.39 Å². The predicted octanol–water partition coefficient (Wildman–Crippen LogP) is 2.63. The Kier molecular flexibility index (Phi) is 2.06. The van der Waals surface area contributed by atoms with Crippen molar-refractivity contribution in [2.45, 2.75) is 25.1 Å². The van der Waals surface area contributed by atoms with Gasteiger partial charge in [-0.25, -0.2) is 9.28 Å². The van der Waals surface area contributed by atoms with Crippen LogP contribution >= 0.6 is 0 Å². The molecule has 1 aliphatic carbocycles. The van der Waals surface area contributed by atoms with Crippen molar-refractivity contribution in [3.8, 4) is 0 Å². The lowest BCUT2D eigenvalue weighted by Crippen LogP contribution is -1.97. The molecule has 1 fully saturated rings. The lowest BCUT2D eigenvalue weighted by Gasteiger charge is -2.05. The van der Waals surface area contributed by atoms with E-state index in [0.29, 0.717) is 12.8 Å². The van der Waals surface area contributed by atoms with E-state index in [4.69, 9.17) is 5.26 Å². The molecule has 0 aliphatic heterocycles. The zero-order valence-electron chi connectivity index (χ0n) is 7.16. The molecule has 3 heteroatoms. The minimum atomic E-state index is -1.07. The Morgan fingerprint density at radius 3 is 2.38 bits per heavy atom. The summed E-state index contributed by atoms with van der Waals surface area (Å²) in [6, 6.07) is 7.04. The molecule has 1 aliphatic rings. The van der Waals surface area contributed by atoms with Crippen molar-refractivity contribution in [1.29, 1.82) is 0 Å². The van der Waals surface area contributed by atoms with Gasteiger partial charge in [-0.3, -0.25) is 5.26 Å². The van der Waals surface area contributed by atoms with Crippen LogP contribution in [0.25, 0.3) is 0 Å². The average Bonchev–Trinajstić information content (AvgIpc) is 2.87. The van der Waals surface area contributed by atoms with Crippen molar-refractivity contribution in [2.75, 3.05) is 0 Å². The van der Waals surface area contributed by atoms with Gasteiger partial charge in [0.1, 0.15) is 12.3 Å². The molecule has 0 bridgehead atoms. The average molecular weight is 182 g/mol. The Bertz CT molecular complexity index is 290. The van der Waals surface area contributed by atoms with Crippen LogP contribution in [0.3, 0.4) is 0 Å². The highest BCUT2D eigenvalue weighted by Crippen LogP contribution is 2.49. The summed E-state index contributed by atoms with van der Waals surface area (Å²) in [6.45, 7) is 0.152. The van der Waals surface area contributed by atoms with E-state index < -0.39 is 5.67 Å². The van der Waals surface area contributed by atoms with Crippen LogP contribution in [0, 0.1) is 0 Å². The molecule has 0 amide bonds. The highest BCUT2D eigenvalue weighted by molar-refractivity contribution is 5.30. The van der Waals surface area contributed by atoms with Gasteiger partial charge in [0.05, 0.1) is 0 Å². The molecule has 1 saturated carbocycles. The van der Waals surface area contributed by atoms with Crippen LogP contribution in [0.1, 0.15) is 24.0 Å². The lowest BCUT2D eigenvalue weighted by atomic mass is 10.1. The smallest absolute Gasteiger partial charge is 0.136 e. The van der Waals surface area contributed by atoms with Crippen LogP contribution in [0.2, 0.25) is 0 Å². The van der Waals surface area contributed by atoms with E-state index in [1.165, 1.54) is 0 Å². The van der Waals surface area contributed by atoms with Crippen LogP contribution in [0.5, 0.6) is 0 Å². The van der Waals surface area contributed by atoms with Gasteiger partial charge >= 0.3 is 0 Å². The number of hydrogen-bond donors (Lipinski definition) is 1. The molecule has 1 aromatic rings. The van der Waals surface area contributed by atoms with Gasteiger partial charge in [0, 0.05) is 0 Å². The lowest BCUT2D eigenvalue weighted by molar-refractivity contribution is -0.253. The van der Waals surface area contributed by atoms with Gasteiger partial charge in [0.15, 0.2) is 0 Å². The molecule has 70 valence electrons. The summed E-state index contributed by atoms with van der Waals surface area (Å²) >= 11 is 0. The van der Waals surface area contributed by atoms with Crippen molar-refractivity contribution in [3.63, 3.8) is 0 Å². The Hall–Kier alpha value is -0.930. The number of benzene rings is 1. The first-order valence-corrected chi connectivity index (χ1v) is 4.29. The zero-order chi connectivity index (χ0) is 9.31. The van der Waals surface area contributed by atoms with Crippen molar-refractivity contribution in [3.05, 3.63) is 35.4 Å². The number of hydrogen-bond acceptors (Lipinski definition) is 2. The second kappa shape index (κ2) is 3.09. The van der Waals surface area contributed by atoms with Crippen molar-refractivity contribution in [2.24, 2.45) is 0 Å². The van der Waals surface area contributed by atoms with Gasteiger partial charge in [0.2, 0.25) is 0 Å². The zero-order valence-corrected chi connectivity index (χ0v) is 7.16. The molecule has 2 rings (SSSR count). The number of halogens is 1.